The van der Waals surface area contributed by atoms with Gasteiger partial charge in [0.15, 0.2) is 0 Å². The molecule has 2 saturated heterocycles. The first kappa shape index (κ1) is 17.9. The van der Waals surface area contributed by atoms with E-state index < -0.39 is 0 Å². The molecular weight excluding hydrogens is 320 g/mol. The first-order chi connectivity index (χ1) is 11.8. The summed E-state index contributed by atoms with van der Waals surface area (Å²) < 4.78 is 6.85. The van der Waals surface area contributed by atoms with Crippen molar-refractivity contribution in [2.24, 2.45) is 5.92 Å². The summed E-state index contributed by atoms with van der Waals surface area (Å²) in [6.45, 7) is 9.57. The van der Waals surface area contributed by atoms with Gasteiger partial charge in [0.05, 0.1) is 12.2 Å². The highest BCUT2D eigenvalue weighted by Gasteiger charge is 2.32. The molecule has 0 saturated carbocycles. The predicted molar refractivity (Wildman–Crippen MR) is 94.6 cm³/mol. The number of likely N-dealkylation sites (tertiary alicyclic amines) is 1. The molecule has 3 rings (SSSR count). The number of carbonyl (C=O) groups excluding carboxylic acids is 1. The molecule has 1 N–H and O–H groups in total. The lowest BCUT2D eigenvalue weighted by Gasteiger charge is -2.40. The summed E-state index contributed by atoms with van der Waals surface area (Å²) in [5.41, 5.74) is 0.726. The van der Waals surface area contributed by atoms with Crippen molar-refractivity contribution in [2.75, 3.05) is 26.3 Å². The monoisotopic (exact) mass is 348 g/mol. The predicted octanol–water partition coefficient (Wildman–Crippen LogP) is 1.36. The molecular formula is C18H28N4O3. The van der Waals surface area contributed by atoms with Crippen LogP contribution < -0.4 is 10.9 Å². The van der Waals surface area contributed by atoms with E-state index in [0.717, 1.165) is 18.5 Å². The Morgan fingerprint density at radius 1 is 1.28 bits per heavy atom. The van der Waals surface area contributed by atoms with Gasteiger partial charge in [-0.3, -0.25) is 4.79 Å². The molecule has 0 radical (unpaired) electrons. The molecule has 7 nitrogen and oxygen atoms in total. The Hall–Kier alpha value is -1.89. The second-order valence-corrected chi connectivity index (χ2v) is 8.10. The van der Waals surface area contributed by atoms with Gasteiger partial charge in [0, 0.05) is 49.7 Å². The fraction of sp³-hybridized carbons (Fsp3) is 0.722. The standard InChI is InChI=1S/C18H28N4O3/c1-18(2,3)15-4-5-16(23)22(20-15)12-13-10-21(11-13)17(24)19-14-6-8-25-9-7-14/h4-5,13-14H,6-12H2,1-3H3,(H,19,24). The molecule has 1 aromatic rings. The van der Waals surface area contributed by atoms with Gasteiger partial charge in [0.2, 0.25) is 0 Å². The van der Waals surface area contributed by atoms with Crippen LogP contribution in [0.15, 0.2) is 16.9 Å². The summed E-state index contributed by atoms with van der Waals surface area (Å²) in [5, 5.41) is 7.57. The van der Waals surface area contributed by atoms with Crippen LogP contribution in [0.5, 0.6) is 0 Å². The highest BCUT2D eigenvalue weighted by atomic mass is 16.5. The van der Waals surface area contributed by atoms with Gasteiger partial charge >= 0.3 is 6.03 Å². The minimum absolute atomic E-state index is 0.00750. The number of carbonyl (C=O) groups is 1. The molecule has 0 spiro atoms. The molecule has 7 heteroatoms. The summed E-state index contributed by atoms with van der Waals surface area (Å²) in [5.74, 6) is 0.279. The third-order valence-electron chi connectivity index (χ3n) is 4.86. The van der Waals surface area contributed by atoms with E-state index in [-0.39, 0.29) is 29.0 Å². The van der Waals surface area contributed by atoms with Crippen LogP contribution in [0.2, 0.25) is 0 Å². The topological polar surface area (TPSA) is 76.5 Å². The van der Waals surface area contributed by atoms with Crippen LogP contribution >= 0.6 is 0 Å². The van der Waals surface area contributed by atoms with Gasteiger partial charge in [-0.1, -0.05) is 20.8 Å². The molecule has 0 aromatic carbocycles. The number of rotatable bonds is 3. The quantitative estimate of drug-likeness (QED) is 0.895. The van der Waals surface area contributed by atoms with Crippen molar-refractivity contribution >= 4 is 6.03 Å². The lowest BCUT2D eigenvalue weighted by atomic mass is 9.92. The maximum Gasteiger partial charge on any atom is 0.317 e. The van der Waals surface area contributed by atoms with E-state index in [9.17, 15) is 9.59 Å². The molecule has 2 fully saturated rings. The molecule has 0 aliphatic carbocycles. The smallest absolute Gasteiger partial charge is 0.317 e. The number of hydrogen-bond acceptors (Lipinski definition) is 4. The maximum atomic E-state index is 12.2. The van der Waals surface area contributed by atoms with Gasteiger partial charge in [0.1, 0.15) is 0 Å². The lowest BCUT2D eigenvalue weighted by Crippen LogP contribution is -2.57. The van der Waals surface area contributed by atoms with E-state index in [4.69, 9.17) is 4.74 Å². The van der Waals surface area contributed by atoms with E-state index in [0.29, 0.717) is 32.8 Å². The van der Waals surface area contributed by atoms with Gasteiger partial charge < -0.3 is 15.0 Å². The fourth-order valence-electron chi connectivity index (χ4n) is 3.18. The first-order valence-corrected chi connectivity index (χ1v) is 9.05. The van der Waals surface area contributed by atoms with Crippen molar-refractivity contribution < 1.29 is 9.53 Å². The number of amides is 2. The molecule has 3 heterocycles. The average Bonchev–Trinajstić information content (AvgIpc) is 2.51. The summed E-state index contributed by atoms with van der Waals surface area (Å²) >= 11 is 0. The van der Waals surface area contributed by atoms with Gasteiger partial charge in [-0.05, 0) is 18.9 Å². The summed E-state index contributed by atoms with van der Waals surface area (Å²) in [6, 6.07) is 3.59. The molecule has 0 bridgehead atoms. The van der Waals surface area contributed by atoms with Crippen LogP contribution in [0.25, 0.3) is 0 Å². The van der Waals surface area contributed by atoms with Crippen molar-refractivity contribution in [3.8, 4) is 0 Å². The molecule has 0 unspecified atom stereocenters. The van der Waals surface area contributed by atoms with Crippen molar-refractivity contribution in [3.05, 3.63) is 28.2 Å². The Labute approximate surface area is 148 Å². The summed E-state index contributed by atoms with van der Waals surface area (Å²) in [4.78, 5) is 26.1. The van der Waals surface area contributed by atoms with E-state index in [1.807, 2.05) is 0 Å². The minimum Gasteiger partial charge on any atom is -0.381 e. The van der Waals surface area contributed by atoms with Gasteiger partial charge in [-0.25, -0.2) is 9.48 Å². The zero-order valence-electron chi connectivity index (χ0n) is 15.3. The second kappa shape index (κ2) is 7.15. The molecule has 0 atom stereocenters. The van der Waals surface area contributed by atoms with Crippen molar-refractivity contribution in [1.82, 2.24) is 20.0 Å². The van der Waals surface area contributed by atoms with Crippen LogP contribution in [0.3, 0.4) is 0 Å². The number of urea groups is 1. The molecule has 138 valence electrons. The van der Waals surface area contributed by atoms with E-state index in [1.54, 1.807) is 21.7 Å². The Kier molecular flexibility index (Phi) is 5.13. The lowest BCUT2D eigenvalue weighted by molar-refractivity contribution is 0.0703. The normalized spacial score (nSPS) is 19.6. The Balaban J connectivity index is 1.51. The molecule has 1 aromatic heterocycles. The van der Waals surface area contributed by atoms with Crippen LogP contribution in [0, 0.1) is 5.92 Å². The Bertz CT molecular complexity index is 668. The summed E-state index contributed by atoms with van der Waals surface area (Å²) in [6.07, 6.45) is 1.75. The van der Waals surface area contributed by atoms with Gasteiger partial charge in [0.25, 0.3) is 5.56 Å². The summed E-state index contributed by atoms with van der Waals surface area (Å²) in [7, 11) is 0. The van der Waals surface area contributed by atoms with Crippen LogP contribution in [-0.4, -0.2) is 53.1 Å². The fourth-order valence-corrected chi connectivity index (χ4v) is 3.18. The highest BCUT2D eigenvalue weighted by molar-refractivity contribution is 5.75. The van der Waals surface area contributed by atoms with Crippen LogP contribution in [0.4, 0.5) is 4.79 Å². The SMILES string of the molecule is CC(C)(C)c1ccc(=O)n(CC2CN(C(=O)NC3CCOCC3)C2)n1. The number of nitrogens with zero attached hydrogens (tertiary/aromatic N) is 3. The molecule has 2 amide bonds. The maximum absolute atomic E-state index is 12.2. The highest BCUT2D eigenvalue weighted by Crippen LogP contribution is 2.20. The molecule has 25 heavy (non-hydrogen) atoms. The zero-order chi connectivity index (χ0) is 18.0. The van der Waals surface area contributed by atoms with E-state index in [2.05, 4.69) is 31.2 Å². The van der Waals surface area contributed by atoms with Crippen molar-refractivity contribution in [2.45, 2.75) is 51.6 Å². The third-order valence-corrected chi connectivity index (χ3v) is 4.86. The Morgan fingerprint density at radius 2 is 1.96 bits per heavy atom. The Morgan fingerprint density at radius 3 is 2.60 bits per heavy atom. The number of aromatic nitrogens is 2. The van der Waals surface area contributed by atoms with E-state index in [1.165, 1.54) is 0 Å². The van der Waals surface area contributed by atoms with Crippen LogP contribution in [-0.2, 0) is 16.7 Å². The number of hydrogen-bond donors (Lipinski definition) is 1. The number of ether oxygens (including phenoxy) is 1. The van der Waals surface area contributed by atoms with Crippen molar-refractivity contribution in [3.63, 3.8) is 0 Å². The van der Waals surface area contributed by atoms with Crippen molar-refractivity contribution in [1.29, 1.82) is 0 Å². The average molecular weight is 348 g/mol. The first-order valence-electron chi connectivity index (χ1n) is 9.05. The molecule has 2 aliphatic heterocycles. The minimum atomic E-state index is -0.0926. The number of nitrogens with one attached hydrogen (secondary N) is 1. The second-order valence-electron chi connectivity index (χ2n) is 8.10. The van der Waals surface area contributed by atoms with Crippen LogP contribution in [0.1, 0.15) is 39.3 Å². The van der Waals surface area contributed by atoms with Gasteiger partial charge in [-0.2, -0.15) is 5.10 Å². The van der Waals surface area contributed by atoms with Gasteiger partial charge in [-0.15, -0.1) is 0 Å². The largest absolute Gasteiger partial charge is 0.381 e. The zero-order valence-corrected chi connectivity index (χ0v) is 15.3. The third kappa shape index (κ3) is 4.39. The van der Waals surface area contributed by atoms with E-state index >= 15 is 0 Å². The molecule has 2 aliphatic rings.